The van der Waals surface area contributed by atoms with Crippen molar-refractivity contribution in [3.05, 3.63) is 28.8 Å². The fourth-order valence-corrected chi connectivity index (χ4v) is 4.90. The van der Waals surface area contributed by atoms with E-state index in [0.29, 0.717) is 10.9 Å². The number of aliphatic hydroxyl groups is 1. The molecule has 1 aromatic carbocycles. The van der Waals surface area contributed by atoms with Crippen molar-refractivity contribution in [1.82, 2.24) is 0 Å². The second kappa shape index (κ2) is 5.24. The molecule has 1 saturated heterocycles. The maximum atomic E-state index is 9.30. The molecule has 0 radical (unpaired) electrons. The average molecular weight is 237 g/mol. The van der Waals surface area contributed by atoms with Crippen molar-refractivity contribution in [2.45, 2.75) is 44.6 Å². The third-order valence-electron chi connectivity index (χ3n) is 3.44. The number of aliphatic hydroxyl groups excluding tert-OH is 1. The average Bonchev–Trinajstić information content (AvgIpc) is 2.30. The van der Waals surface area contributed by atoms with Crippen LogP contribution in [0.5, 0.6) is 0 Å². The zero-order chi connectivity index (χ0) is 11.5. The van der Waals surface area contributed by atoms with Gasteiger partial charge in [-0.15, -0.1) is 0 Å². The molecule has 0 atom stereocenters. The Hall–Kier alpha value is -0.470. The van der Waals surface area contributed by atoms with E-state index in [-0.39, 0.29) is 6.61 Å². The highest BCUT2D eigenvalue weighted by Gasteiger charge is 2.25. The van der Waals surface area contributed by atoms with Gasteiger partial charge in [-0.25, -0.2) is 0 Å². The van der Waals surface area contributed by atoms with Crippen LogP contribution in [0, 0.1) is 13.8 Å². The van der Waals surface area contributed by atoms with E-state index in [1.807, 2.05) is 0 Å². The summed E-state index contributed by atoms with van der Waals surface area (Å²) >= 11 is 0. The molecular formula is C14H21OS+. The molecule has 1 N–H and O–H groups in total. The predicted molar refractivity (Wildman–Crippen MR) is 71.1 cm³/mol. The zero-order valence-electron chi connectivity index (χ0n) is 10.3. The van der Waals surface area contributed by atoms with Crippen LogP contribution in [0.15, 0.2) is 17.0 Å². The van der Waals surface area contributed by atoms with Crippen molar-refractivity contribution in [2.24, 2.45) is 0 Å². The predicted octanol–water partition coefficient (Wildman–Crippen LogP) is 2.96. The van der Waals surface area contributed by atoms with Crippen molar-refractivity contribution in [2.75, 3.05) is 11.5 Å². The Labute approximate surface area is 101 Å². The van der Waals surface area contributed by atoms with E-state index in [0.717, 1.165) is 5.56 Å². The van der Waals surface area contributed by atoms with E-state index < -0.39 is 0 Å². The fourth-order valence-electron chi connectivity index (χ4n) is 2.44. The standard InChI is InChI=1S/C14H21OS/c1-11-8-13(9-12(2)14(11)10-15)16-6-4-3-5-7-16/h8-9,15H,3-7,10H2,1-2H3/q+1. The third kappa shape index (κ3) is 2.44. The van der Waals surface area contributed by atoms with E-state index >= 15 is 0 Å². The molecule has 0 unspecified atom stereocenters. The summed E-state index contributed by atoms with van der Waals surface area (Å²) in [5.74, 6) is 2.74. The molecule has 1 heterocycles. The first-order valence-corrected chi connectivity index (χ1v) is 7.67. The molecule has 1 aromatic rings. The first-order valence-electron chi connectivity index (χ1n) is 6.11. The first kappa shape index (κ1) is 12.0. The minimum Gasteiger partial charge on any atom is -0.392 e. The lowest BCUT2D eigenvalue weighted by atomic mass is 10.0. The molecule has 0 amide bonds. The third-order valence-corrected chi connectivity index (χ3v) is 5.91. The maximum absolute atomic E-state index is 9.30. The molecule has 88 valence electrons. The molecule has 16 heavy (non-hydrogen) atoms. The Morgan fingerprint density at radius 3 is 2.12 bits per heavy atom. The largest absolute Gasteiger partial charge is 0.392 e. The smallest absolute Gasteiger partial charge is 0.155 e. The second-order valence-corrected chi connectivity index (χ2v) is 6.93. The minimum absolute atomic E-state index is 0.172. The monoisotopic (exact) mass is 237 g/mol. The van der Waals surface area contributed by atoms with Gasteiger partial charge in [-0.2, -0.15) is 0 Å². The van der Waals surface area contributed by atoms with Gasteiger partial charge in [0.2, 0.25) is 0 Å². The normalized spacial score (nSPS) is 17.7. The number of hydrogen-bond donors (Lipinski definition) is 1. The summed E-state index contributed by atoms with van der Waals surface area (Å²) in [6.45, 7) is 4.41. The van der Waals surface area contributed by atoms with Gasteiger partial charge in [0, 0.05) is 10.9 Å². The van der Waals surface area contributed by atoms with Gasteiger partial charge >= 0.3 is 0 Å². The van der Waals surface area contributed by atoms with E-state index in [2.05, 4.69) is 26.0 Å². The second-order valence-electron chi connectivity index (χ2n) is 4.66. The van der Waals surface area contributed by atoms with E-state index in [9.17, 15) is 5.11 Å². The summed E-state index contributed by atoms with van der Waals surface area (Å²) in [6.07, 6.45) is 4.20. The van der Waals surface area contributed by atoms with Crippen LogP contribution in [0.2, 0.25) is 0 Å². The summed E-state index contributed by atoms with van der Waals surface area (Å²) in [6, 6.07) is 4.60. The Balaban J connectivity index is 2.28. The van der Waals surface area contributed by atoms with Crippen LogP contribution < -0.4 is 0 Å². The lowest BCUT2D eigenvalue weighted by Gasteiger charge is -2.15. The molecule has 0 aliphatic carbocycles. The van der Waals surface area contributed by atoms with Gasteiger partial charge in [-0.1, -0.05) is 0 Å². The van der Waals surface area contributed by atoms with Crippen molar-refractivity contribution in [3.8, 4) is 0 Å². The van der Waals surface area contributed by atoms with Crippen molar-refractivity contribution >= 4 is 10.9 Å². The van der Waals surface area contributed by atoms with Crippen LogP contribution in [-0.4, -0.2) is 16.6 Å². The first-order chi connectivity index (χ1) is 7.72. The molecule has 0 saturated carbocycles. The molecule has 1 aliphatic heterocycles. The lowest BCUT2D eigenvalue weighted by molar-refractivity contribution is 0.280. The Morgan fingerprint density at radius 2 is 1.62 bits per heavy atom. The summed E-state index contributed by atoms with van der Waals surface area (Å²) in [5.41, 5.74) is 3.63. The highest BCUT2D eigenvalue weighted by atomic mass is 32.2. The topological polar surface area (TPSA) is 20.2 Å². The summed E-state index contributed by atoms with van der Waals surface area (Å²) < 4.78 is 0. The molecule has 0 aromatic heterocycles. The van der Waals surface area contributed by atoms with Crippen LogP contribution in [0.3, 0.4) is 0 Å². The van der Waals surface area contributed by atoms with Crippen LogP contribution >= 0.6 is 0 Å². The molecular weight excluding hydrogens is 216 g/mol. The summed E-state index contributed by atoms with van der Waals surface area (Å²) in [5, 5.41) is 9.30. The molecule has 2 rings (SSSR count). The maximum Gasteiger partial charge on any atom is 0.155 e. The van der Waals surface area contributed by atoms with Gasteiger partial charge in [-0.3, -0.25) is 0 Å². The fraction of sp³-hybridized carbons (Fsp3) is 0.571. The van der Waals surface area contributed by atoms with Crippen molar-refractivity contribution in [1.29, 1.82) is 0 Å². The molecule has 1 nitrogen and oxygen atoms in total. The van der Waals surface area contributed by atoms with Gasteiger partial charge in [0.1, 0.15) is 11.5 Å². The quantitative estimate of drug-likeness (QED) is 0.784. The molecule has 1 aliphatic rings. The highest BCUT2D eigenvalue weighted by molar-refractivity contribution is 7.96. The SMILES string of the molecule is Cc1cc([S+]2CCCCC2)cc(C)c1CO. The van der Waals surface area contributed by atoms with Gasteiger partial charge < -0.3 is 5.11 Å². The molecule has 2 heteroatoms. The summed E-state index contributed by atoms with van der Waals surface area (Å²) in [4.78, 5) is 1.52. The van der Waals surface area contributed by atoms with Crippen molar-refractivity contribution < 1.29 is 5.11 Å². The van der Waals surface area contributed by atoms with Gasteiger partial charge in [0.15, 0.2) is 4.90 Å². The highest BCUT2D eigenvalue weighted by Crippen LogP contribution is 2.26. The van der Waals surface area contributed by atoms with E-state index in [4.69, 9.17) is 0 Å². The van der Waals surface area contributed by atoms with E-state index in [1.54, 1.807) is 0 Å². The van der Waals surface area contributed by atoms with Gasteiger partial charge in [0.25, 0.3) is 0 Å². The van der Waals surface area contributed by atoms with Crippen molar-refractivity contribution in [3.63, 3.8) is 0 Å². The zero-order valence-corrected chi connectivity index (χ0v) is 11.1. The van der Waals surface area contributed by atoms with Crippen LogP contribution in [-0.2, 0) is 17.5 Å². The van der Waals surface area contributed by atoms with Crippen LogP contribution in [0.25, 0.3) is 0 Å². The summed E-state index contributed by atoms with van der Waals surface area (Å²) in [7, 11) is 0.480. The number of benzene rings is 1. The van der Waals surface area contributed by atoms with Crippen LogP contribution in [0.1, 0.15) is 36.0 Å². The molecule has 0 spiro atoms. The van der Waals surface area contributed by atoms with Gasteiger partial charge in [-0.05, 0) is 61.9 Å². The molecule has 0 bridgehead atoms. The number of rotatable bonds is 2. The Bertz CT molecular complexity index is 344. The Kier molecular flexibility index (Phi) is 3.93. The van der Waals surface area contributed by atoms with E-state index in [1.165, 1.54) is 46.8 Å². The number of aryl methyl sites for hydroxylation is 2. The van der Waals surface area contributed by atoms with Gasteiger partial charge in [0.05, 0.1) is 6.61 Å². The Morgan fingerprint density at radius 1 is 1.06 bits per heavy atom. The minimum atomic E-state index is 0.172. The molecule has 1 fully saturated rings. The number of hydrogen-bond acceptors (Lipinski definition) is 1. The van der Waals surface area contributed by atoms with Crippen LogP contribution in [0.4, 0.5) is 0 Å². The lowest BCUT2D eigenvalue weighted by Crippen LogP contribution is -2.18.